The Kier molecular flexibility index (Phi) is 6.19. The van der Waals surface area contributed by atoms with Gasteiger partial charge in [0.15, 0.2) is 0 Å². The van der Waals surface area contributed by atoms with Gasteiger partial charge in [-0.25, -0.2) is 4.90 Å². The minimum Gasteiger partial charge on any atom is -0.323 e. The number of hydrogen-bond donors (Lipinski definition) is 2. The maximum Gasteiger partial charge on any atom is 0.289 e. The average Bonchev–Trinajstić information content (AvgIpc) is 3.44. The van der Waals surface area contributed by atoms with Crippen molar-refractivity contribution in [3.8, 4) is 0 Å². The fourth-order valence-corrected chi connectivity index (χ4v) is 6.98. The first kappa shape index (κ1) is 26.7. The number of fused-ring (bicyclic) bond motifs is 4. The van der Waals surface area contributed by atoms with Gasteiger partial charge >= 0.3 is 0 Å². The molecule has 1 spiro atoms. The molecule has 0 radical (unpaired) electrons. The van der Waals surface area contributed by atoms with Crippen LogP contribution in [0.3, 0.4) is 0 Å². The summed E-state index contributed by atoms with van der Waals surface area (Å²) in [5, 5.41) is 5.91. The number of anilines is 2. The van der Waals surface area contributed by atoms with E-state index in [9.17, 15) is 14.4 Å². The van der Waals surface area contributed by atoms with Crippen molar-refractivity contribution < 1.29 is 23.2 Å². The second-order valence-electron chi connectivity index (χ2n) is 9.47. The molecule has 4 unspecified atom stereocenters. The Morgan fingerprint density at radius 3 is 2.05 bits per heavy atom. The zero-order valence-electron chi connectivity index (χ0n) is 19.2. The van der Waals surface area contributed by atoms with Gasteiger partial charge < -0.3 is 5.32 Å². The van der Waals surface area contributed by atoms with Crippen LogP contribution >= 0.6 is 58.0 Å². The highest BCUT2D eigenvalue weighted by Gasteiger charge is 2.74. The van der Waals surface area contributed by atoms with Gasteiger partial charge in [-0.05, 0) is 42.5 Å². The summed E-state index contributed by atoms with van der Waals surface area (Å²) in [6.45, 7) is 0. The second-order valence-corrected chi connectivity index (χ2v) is 11.6. The van der Waals surface area contributed by atoms with Crippen LogP contribution in [0.1, 0.15) is 11.1 Å². The van der Waals surface area contributed by atoms with Gasteiger partial charge in [-0.1, -0.05) is 70.1 Å². The molecule has 4 atom stereocenters. The lowest BCUT2D eigenvalue weighted by atomic mass is 9.76. The molecule has 3 aliphatic rings. The van der Waals surface area contributed by atoms with Gasteiger partial charge in [0.25, 0.3) is 5.92 Å². The maximum atomic E-state index is 16.3. The van der Waals surface area contributed by atoms with Crippen molar-refractivity contribution in [2.24, 2.45) is 11.8 Å². The molecule has 6 rings (SSSR count). The number of halogens is 7. The normalized spacial score (nSPS) is 25.9. The number of hydrogen-bond acceptors (Lipinski definition) is 4. The molecule has 3 amide bonds. The number of alkyl halides is 2. The molecule has 39 heavy (non-hydrogen) atoms. The lowest BCUT2D eigenvalue weighted by Gasteiger charge is -2.32. The Hall–Kier alpha value is -2.46. The Morgan fingerprint density at radius 1 is 0.795 bits per heavy atom. The monoisotopic (exact) mass is 629 g/mol. The Balaban J connectivity index is 1.58. The number of nitrogens with one attached hydrogen (secondary N) is 2. The minimum absolute atomic E-state index is 0.0108. The number of amides is 3. The van der Waals surface area contributed by atoms with E-state index in [1.165, 1.54) is 42.5 Å². The first-order valence-electron chi connectivity index (χ1n) is 11.4. The number of benzene rings is 3. The van der Waals surface area contributed by atoms with Gasteiger partial charge in [0.1, 0.15) is 5.54 Å². The van der Waals surface area contributed by atoms with Crippen molar-refractivity contribution in [2.45, 2.75) is 17.5 Å². The standard InChI is InChI=1S/C26H14Cl5F2N3O3/c27-11-3-1-10(2-4-11)26(32,33)21-18-19(23(38)36(22(18)37)15-6-12(28)5-13(29)7-15)25(35-21)16-8-14(30)9-17(31)20(16)34-24(25)39/h1-9,18-19,21,35H,(H,34,39). The Labute approximate surface area is 245 Å². The summed E-state index contributed by atoms with van der Waals surface area (Å²) < 4.78 is 32.5. The largest absolute Gasteiger partial charge is 0.323 e. The maximum absolute atomic E-state index is 16.3. The van der Waals surface area contributed by atoms with Crippen LogP contribution < -0.4 is 15.5 Å². The van der Waals surface area contributed by atoms with Gasteiger partial charge in [0.05, 0.1) is 34.3 Å². The fraction of sp³-hybridized carbons (Fsp3) is 0.192. The van der Waals surface area contributed by atoms with E-state index < -0.39 is 52.6 Å². The van der Waals surface area contributed by atoms with Crippen molar-refractivity contribution in [1.82, 2.24) is 5.32 Å². The van der Waals surface area contributed by atoms with Crippen LogP contribution in [-0.2, 0) is 25.8 Å². The zero-order valence-corrected chi connectivity index (χ0v) is 23.0. The van der Waals surface area contributed by atoms with Crippen LogP contribution in [0.2, 0.25) is 25.1 Å². The molecule has 13 heteroatoms. The topological polar surface area (TPSA) is 78.5 Å². The van der Waals surface area contributed by atoms with Crippen molar-refractivity contribution in [3.63, 3.8) is 0 Å². The molecule has 2 fully saturated rings. The molecule has 2 saturated heterocycles. The number of carbonyl (C=O) groups excluding carboxylic acids is 3. The predicted molar refractivity (Wildman–Crippen MR) is 145 cm³/mol. The van der Waals surface area contributed by atoms with Crippen molar-refractivity contribution in [3.05, 3.63) is 90.8 Å². The molecule has 0 aliphatic carbocycles. The highest BCUT2D eigenvalue weighted by atomic mass is 35.5. The van der Waals surface area contributed by atoms with Gasteiger partial charge in [0, 0.05) is 31.2 Å². The smallest absolute Gasteiger partial charge is 0.289 e. The molecule has 0 bridgehead atoms. The van der Waals surface area contributed by atoms with E-state index >= 15 is 8.78 Å². The third-order valence-corrected chi connectivity index (χ3v) is 8.57. The van der Waals surface area contributed by atoms with E-state index in [0.29, 0.717) is 0 Å². The molecule has 6 nitrogen and oxygen atoms in total. The summed E-state index contributed by atoms with van der Waals surface area (Å²) in [6, 6.07) is 9.57. The Bertz CT molecular complexity index is 1580. The number of imide groups is 1. The Morgan fingerprint density at radius 2 is 1.41 bits per heavy atom. The van der Waals surface area contributed by atoms with Gasteiger partial charge in [-0.3, -0.25) is 19.7 Å². The number of rotatable bonds is 3. The molecular weight excluding hydrogens is 618 g/mol. The third kappa shape index (κ3) is 3.80. The molecular formula is C26H14Cl5F2N3O3. The van der Waals surface area contributed by atoms with Crippen LogP contribution in [0.5, 0.6) is 0 Å². The molecule has 200 valence electrons. The van der Waals surface area contributed by atoms with Crippen LogP contribution in [0.4, 0.5) is 20.2 Å². The second kappa shape index (κ2) is 9.03. The zero-order chi connectivity index (χ0) is 28.0. The predicted octanol–water partition coefficient (Wildman–Crippen LogP) is 6.67. The first-order chi connectivity index (χ1) is 18.4. The van der Waals surface area contributed by atoms with Crippen LogP contribution in [-0.4, -0.2) is 23.8 Å². The molecule has 0 saturated carbocycles. The van der Waals surface area contributed by atoms with Gasteiger partial charge in [0.2, 0.25) is 17.7 Å². The molecule has 3 aliphatic heterocycles. The molecule has 3 aromatic rings. The minimum atomic E-state index is -3.74. The highest BCUT2D eigenvalue weighted by molar-refractivity contribution is 6.38. The molecule has 3 aromatic carbocycles. The summed E-state index contributed by atoms with van der Waals surface area (Å²) in [6.07, 6.45) is 0. The summed E-state index contributed by atoms with van der Waals surface area (Å²) in [7, 11) is 0. The highest BCUT2D eigenvalue weighted by Crippen LogP contribution is 2.58. The summed E-state index contributed by atoms with van der Waals surface area (Å²) in [4.78, 5) is 42.3. The average molecular weight is 632 g/mol. The quantitative estimate of drug-likeness (QED) is 0.317. The first-order valence-corrected chi connectivity index (χ1v) is 13.3. The lowest BCUT2D eigenvalue weighted by Crippen LogP contribution is -2.56. The van der Waals surface area contributed by atoms with E-state index in [-0.39, 0.29) is 42.1 Å². The van der Waals surface area contributed by atoms with Crippen molar-refractivity contribution in [2.75, 3.05) is 10.2 Å². The fourth-order valence-electron chi connectivity index (χ4n) is 5.80. The number of carbonyl (C=O) groups is 3. The number of nitrogens with zero attached hydrogens (tertiary/aromatic N) is 1. The summed E-state index contributed by atoms with van der Waals surface area (Å²) in [5.41, 5.74) is -2.37. The van der Waals surface area contributed by atoms with Crippen LogP contribution in [0.25, 0.3) is 0 Å². The molecule has 2 N–H and O–H groups in total. The molecule has 3 heterocycles. The summed E-state index contributed by atoms with van der Waals surface area (Å²) >= 11 is 30.7. The van der Waals surface area contributed by atoms with E-state index in [0.717, 1.165) is 17.0 Å². The third-order valence-electron chi connectivity index (χ3n) is 7.36. The van der Waals surface area contributed by atoms with E-state index in [2.05, 4.69) is 10.6 Å². The van der Waals surface area contributed by atoms with E-state index in [1.54, 1.807) is 0 Å². The van der Waals surface area contributed by atoms with Crippen molar-refractivity contribution >= 4 is 87.1 Å². The van der Waals surface area contributed by atoms with E-state index in [1.807, 2.05) is 0 Å². The SMILES string of the molecule is O=C1C2C(C(F)(F)c3ccc(Cl)cc3)NC3(C(=O)Nc4c(Cl)cc(Cl)cc43)C2C(=O)N1c1cc(Cl)cc(Cl)c1. The van der Waals surface area contributed by atoms with Gasteiger partial charge in [-0.2, -0.15) is 8.78 Å². The van der Waals surface area contributed by atoms with Gasteiger partial charge in [-0.15, -0.1) is 0 Å². The van der Waals surface area contributed by atoms with E-state index in [4.69, 9.17) is 58.0 Å². The molecule has 0 aromatic heterocycles. The van der Waals surface area contributed by atoms with Crippen LogP contribution in [0, 0.1) is 11.8 Å². The summed E-state index contributed by atoms with van der Waals surface area (Å²) in [5.74, 6) is -9.64. The van der Waals surface area contributed by atoms with Crippen LogP contribution in [0.15, 0.2) is 54.6 Å². The lowest BCUT2D eigenvalue weighted by molar-refractivity contribution is -0.131. The van der Waals surface area contributed by atoms with Crippen molar-refractivity contribution in [1.29, 1.82) is 0 Å².